The third-order valence-electron chi connectivity index (χ3n) is 3.19. The van der Waals surface area contributed by atoms with Gasteiger partial charge in [-0.3, -0.25) is 0 Å². The van der Waals surface area contributed by atoms with Crippen LogP contribution in [0.3, 0.4) is 0 Å². The summed E-state index contributed by atoms with van der Waals surface area (Å²) in [6.07, 6.45) is 0. The molecule has 0 spiro atoms. The second kappa shape index (κ2) is 3.01. The van der Waals surface area contributed by atoms with Gasteiger partial charge in [0.05, 0.1) is 0 Å². The fraction of sp³-hybridized carbons (Fsp3) is 0.500. The van der Waals surface area contributed by atoms with Gasteiger partial charge in [-0.25, -0.2) is 0 Å². The Hall–Kier alpha value is -0.470. The second-order valence-corrected chi connectivity index (χ2v) is 5.60. The van der Waals surface area contributed by atoms with Crippen molar-refractivity contribution in [3.8, 4) is 0 Å². The molecule has 2 aliphatic rings. The van der Waals surface area contributed by atoms with Gasteiger partial charge in [0.2, 0.25) is 0 Å². The van der Waals surface area contributed by atoms with Gasteiger partial charge < -0.3 is 4.90 Å². The Labute approximate surface area is 89.5 Å². The van der Waals surface area contributed by atoms with Gasteiger partial charge in [0, 0.05) is 29.7 Å². The zero-order valence-electron chi connectivity index (χ0n) is 8.71. The molecule has 1 unspecified atom stereocenters. The molecular formula is C12H15NS. The van der Waals surface area contributed by atoms with E-state index in [9.17, 15) is 0 Å². The molecule has 0 radical (unpaired) electrons. The Balaban J connectivity index is 2.18. The van der Waals surface area contributed by atoms with E-state index in [1.807, 2.05) is 11.8 Å². The lowest BCUT2D eigenvalue weighted by atomic mass is 9.90. The molecule has 2 heteroatoms. The van der Waals surface area contributed by atoms with Crippen LogP contribution in [-0.2, 0) is 6.54 Å². The molecular weight excluding hydrogens is 190 g/mol. The van der Waals surface area contributed by atoms with E-state index >= 15 is 0 Å². The minimum absolute atomic E-state index is 0.796. The van der Waals surface area contributed by atoms with Gasteiger partial charge in [0.15, 0.2) is 0 Å². The number of aryl methyl sites for hydroxylation is 1. The van der Waals surface area contributed by atoms with Crippen molar-refractivity contribution in [3.63, 3.8) is 0 Å². The minimum atomic E-state index is 0.796. The number of rotatable bonds is 0. The summed E-state index contributed by atoms with van der Waals surface area (Å²) in [5.74, 6) is 2.08. The van der Waals surface area contributed by atoms with E-state index in [0.29, 0.717) is 0 Å². The molecule has 0 bridgehead atoms. The lowest BCUT2D eigenvalue weighted by molar-refractivity contribution is 0.289. The molecule has 2 aliphatic heterocycles. The molecule has 0 saturated heterocycles. The molecule has 0 aliphatic carbocycles. The third-order valence-corrected chi connectivity index (χ3v) is 4.41. The summed E-state index contributed by atoms with van der Waals surface area (Å²) in [6.45, 7) is 4.59. The standard InChI is InChI=1S/C12H15NS/c1-8-3-9-5-13(2)6-10-7-14-11(4-8)12(9)10/h3-4,10H,5-7H2,1-2H3. The lowest BCUT2D eigenvalue weighted by Gasteiger charge is -2.29. The van der Waals surface area contributed by atoms with Crippen LogP contribution in [0.2, 0.25) is 0 Å². The molecule has 0 aromatic heterocycles. The van der Waals surface area contributed by atoms with Crippen molar-refractivity contribution in [2.75, 3.05) is 19.3 Å². The molecule has 1 atom stereocenters. The van der Waals surface area contributed by atoms with E-state index in [1.54, 1.807) is 16.0 Å². The topological polar surface area (TPSA) is 3.24 Å². The van der Waals surface area contributed by atoms with Crippen LogP contribution in [0.15, 0.2) is 17.0 Å². The first-order valence-electron chi connectivity index (χ1n) is 5.19. The maximum Gasteiger partial charge on any atom is 0.0234 e. The van der Waals surface area contributed by atoms with Crippen LogP contribution in [0.5, 0.6) is 0 Å². The highest BCUT2D eigenvalue weighted by Gasteiger charge is 2.30. The maximum absolute atomic E-state index is 2.45. The molecule has 3 rings (SSSR count). The van der Waals surface area contributed by atoms with E-state index in [2.05, 4.69) is 31.0 Å². The Kier molecular flexibility index (Phi) is 1.89. The number of thioether (sulfide) groups is 1. The van der Waals surface area contributed by atoms with Crippen LogP contribution < -0.4 is 0 Å². The van der Waals surface area contributed by atoms with Gasteiger partial charge in [-0.2, -0.15) is 0 Å². The van der Waals surface area contributed by atoms with Gasteiger partial charge in [-0.15, -0.1) is 11.8 Å². The number of benzene rings is 1. The number of likely N-dealkylation sites (N-methyl/N-ethyl adjacent to an activating group) is 1. The zero-order chi connectivity index (χ0) is 9.71. The van der Waals surface area contributed by atoms with Crippen molar-refractivity contribution in [1.29, 1.82) is 0 Å². The summed E-state index contributed by atoms with van der Waals surface area (Å²) in [7, 11) is 2.23. The van der Waals surface area contributed by atoms with Crippen LogP contribution in [0.4, 0.5) is 0 Å². The summed E-state index contributed by atoms with van der Waals surface area (Å²) in [5.41, 5.74) is 4.66. The van der Waals surface area contributed by atoms with Crippen LogP contribution in [0.25, 0.3) is 0 Å². The van der Waals surface area contributed by atoms with Gasteiger partial charge in [-0.05, 0) is 36.7 Å². The van der Waals surface area contributed by atoms with Gasteiger partial charge in [0.1, 0.15) is 0 Å². The highest BCUT2D eigenvalue weighted by atomic mass is 32.2. The summed E-state index contributed by atoms with van der Waals surface area (Å²) in [4.78, 5) is 4.00. The first-order valence-corrected chi connectivity index (χ1v) is 6.17. The van der Waals surface area contributed by atoms with Gasteiger partial charge in [0.25, 0.3) is 0 Å². The molecule has 14 heavy (non-hydrogen) atoms. The van der Waals surface area contributed by atoms with E-state index in [0.717, 1.165) is 12.5 Å². The largest absolute Gasteiger partial charge is 0.301 e. The predicted molar refractivity (Wildman–Crippen MR) is 61.0 cm³/mol. The molecule has 74 valence electrons. The quantitative estimate of drug-likeness (QED) is 0.640. The molecule has 0 saturated carbocycles. The number of nitrogens with zero attached hydrogens (tertiary/aromatic N) is 1. The second-order valence-electron chi connectivity index (χ2n) is 4.54. The fourth-order valence-corrected chi connectivity index (χ4v) is 4.08. The van der Waals surface area contributed by atoms with E-state index in [-0.39, 0.29) is 0 Å². The van der Waals surface area contributed by atoms with Crippen molar-refractivity contribution in [2.24, 2.45) is 0 Å². The molecule has 0 N–H and O–H groups in total. The SMILES string of the molecule is Cc1cc2c3c(c1)SCC3CN(C)C2. The summed E-state index contributed by atoms with van der Waals surface area (Å²) in [6, 6.07) is 4.72. The Morgan fingerprint density at radius 2 is 2.29 bits per heavy atom. The summed E-state index contributed by atoms with van der Waals surface area (Å²) in [5, 5.41) is 0. The van der Waals surface area contributed by atoms with Crippen molar-refractivity contribution >= 4 is 11.8 Å². The lowest BCUT2D eigenvalue weighted by Crippen LogP contribution is -2.30. The third kappa shape index (κ3) is 1.21. The van der Waals surface area contributed by atoms with Crippen LogP contribution in [-0.4, -0.2) is 24.2 Å². The molecule has 2 heterocycles. The van der Waals surface area contributed by atoms with Crippen molar-refractivity contribution in [1.82, 2.24) is 4.90 Å². The van der Waals surface area contributed by atoms with Crippen molar-refractivity contribution in [3.05, 3.63) is 28.8 Å². The highest BCUT2D eigenvalue weighted by molar-refractivity contribution is 7.99. The van der Waals surface area contributed by atoms with Crippen LogP contribution >= 0.6 is 11.8 Å². The van der Waals surface area contributed by atoms with E-state index < -0.39 is 0 Å². The Morgan fingerprint density at radius 1 is 1.43 bits per heavy atom. The fourth-order valence-electron chi connectivity index (χ4n) is 2.70. The Morgan fingerprint density at radius 3 is 3.14 bits per heavy atom. The highest BCUT2D eigenvalue weighted by Crippen LogP contribution is 2.44. The summed E-state index contributed by atoms with van der Waals surface area (Å²) >= 11 is 2.04. The van der Waals surface area contributed by atoms with Gasteiger partial charge in [-0.1, -0.05) is 6.07 Å². The van der Waals surface area contributed by atoms with Crippen molar-refractivity contribution in [2.45, 2.75) is 24.3 Å². The predicted octanol–water partition coefficient (Wildman–Crippen LogP) is 2.63. The molecule has 0 amide bonds. The number of hydrogen-bond acceptors (Lipinski definition) is 2. The molecule has 1 nitrogen and oxygen atoms in total. The summed E-state index contributed by atoms with van der Waals surface area (Å²) < 4.78 is 0. The average Bonchev–Trinajstić information content (AvgIpc) is 2.48. The first kappa shape index (κ1) is 8.81. The Bertz CT molecular complexity index is 386. The zero-order valence-corrected chi connectivity index (χ0v) is 9.53. The van der Waals surface area contributed by atoms with Crippen LogP contribution in [0, 0.1) is 6.92 Å². The number of hydrogen-bond donors (Lipinski definition) is 0. The monoisotopic (exact) mass is 205 g/mol. The van der Waals surface area contributed by atoms with Crippen LogP contribution in [0.1, 0.15) is 22.6 Å². The average molecular weight is 205 g/mol. The maximum atomic E-state index is 2.45. The molecule has 1 aromatic rings. The first-order chi connectivity index (χ1) is 6.74. The van der Waals surface area contributed by atoms with E-state index in [4.69, 9.17) is 0 Å². The normalized spacial score (nSPS) is 25.1. The molecule has 1 aromatic carbocycles. The van der Waals surface area contributed by atoms with E-state index in [1.165, 1.54) is 17.9 Å². The van der Waals surface area contributed by atoms with Crippen molar-refractivity contribution < 1.29 is 0 Å². The molecule has 0 fully saturated rings. The van der Waals surface area contributed by atoms with Gasteiger partial charge >= 0.3 is 0 Å². The minimum Gasteiger partial charge on any atom is -0.301 e. The smallest absolute Gasteiger partial charge is 0.0234 e.